The molecular formula is C19H18N6O5. The Morgan fingerprint density at radius 1 is 1.30 bits per heavy atom. The second-order valence-corrected chi connectivity index (χ2v) is 6.85. The van der Waals surface area contributed by atoms with Crippen LogP contribution in [-0.2, 0) is 16.1 Å². The van der Waals surface area contributed by atoms with Crippen molar-refractivity contribution in [3.05, 3.63) is 64.5 Å². The minimum absolute atomic E-state index is 0.134. The van der Waals surface area contributed by atoms with E-state index in [0.29, 0.717) is 36.5 Å². The topological polar surface area (TPSA) is 143 Å². The van der Waals surface area contributed by atoms with E-state index in [4.69, 9.17) is 9.84 Å². The molecule has 2 N–H and O–H groups in total. The molecule has 2 aromatic heterocycles. The predicted octanol–water partition coefficient (Wildman–Crippen LogP) is 0.00230. The SMILES string of the molecule is O=C(O)COC1CN(C(=O)c2cccc(Cn3cc(-c4cnc(=O)[nH]c4)nn3)c2)C1. The standard InChI is InChI=1S/C19H18N6O5/c26-17(27)11-30-15-8-24(9-15)18(28)13-3-1-2-12(4-13)7-25-10-16(22-23-25)14-5-20-19(29)21-6-14/h1-6,10,15H,7-9,11H2,(H,26,27)(H,20,21,29). The number of carbonyl (C=O) groups is 2. The number of hydrogen-bond donors (Lipinski definition) is 2. The van der Waals surface area contributed by atoms with Gasteiger partial charge >= 0.3 is 11.7 Å². The molecule has 0 unspecified atom stereocenters. The molecule has 0 aliphatic carbocycles. The predicted molar refractivity (Wildman–Crippen MR) is 103 cm³/mol. The summed E-state index contributed by atoms with van der Waals surface area (Å²) in [5.41, 5.74) is 2.18. The van der Waals surface area contributed by atoms with E-state index in [1.165, 1.54) is 12.4 Å². The van der Waals surface area contributed by atoms with E-state index in [1.807, 2.05) is 6.07 Å². The molecule has 0 saturated carbocycles. The molecule has 1 amide bonds. The smallest absolute Gasteiger partial charge is 0.344 e. The van der Waals surface area contributed by atoms with Crippen LogP contribution in [0.15, 0.2) is 47.7 Å². The van der Waals surface area contributed by atoms with Gasteiger partial charge in [0.05, 0.1) is 18.8 Å². The van der Waals surface area contributed by atoms with Gasteiger partial charge in [0.15, 0.2) is 0 Å². The van der Waals surface area contributed by atoms with Gasteiger partial charge in [0.25, 0.3) is 5.91 Å². The molecule has 0 atom stereocenters. The Balaban J connectivity index is 1.38. The molecule has 1 aromatic carbocycles. The number of aliphatic carboxylic acids is 1. The van der Waals surface area contributed by atoms with Crippen molar-refractivity contribution in [2.75, 3.05) is 19.7 Å². The highest BCUT2D eigenvalue weighted by molar-refractivity contribution is 5.95. The molecule has 3 aromatic rings. The number of nitrogens with zero attached hydrogens (tertiary/aromatic N) is 5. The summed E-state index contributed by atoms with van der Waals surface area (Å²) in [5, 5.41) is 16.8. The van der Waals surface area contributed by atoms with Gasteiger partial charge in [-0.1, -0.05) is 17.3 Å². The normalized spacial score (nSPS) is 13.8. The van der Waals surface area contributed by atoms with Gasteiger partial charge in [0, 0.05) is 36.6 Å². The van der Waals surface area contributed by atoms with Crippen molar-refractivity contribution in [2.24, 2.45) is 0 Å². The molecule has 11 nitrogen and oxygen atoms in total. The van der Waals surface area contributed by atoms with Crippen LogP contribution < -0.4 is 5.69 Å². The second-order valence-electron chi connectivity index (χ2n) is 6.85. The number of likely N-dealkylation sites (tertiary alicyclic amines) is 1. The minimum Gasteiger partial charge on any atom is -0.480 e. The van der Waals surface area contributed by atoms with Gasteiger partial charge in [0.2, 0.25) is 0 Å². The van der Waals surface area contributed by atoms with Crippen molar-refractivity contribution in [2.45, 2.75) is 12.6 Å². The number of rotatable bonds is 7. The van der Waals surface area contributed by atoms with Crippen molar-refractivity contribution in [1.82, 2.24) is 29.9 Å². The number of carbonyl (C=O) groups excluding carboxylic acids is 1. The zero-order chi connectivity index (χ0) is 21.1. The maximum absolute atomic E-state index is 12.6. The van der Waals surface area contributed by atoms with E-state index in [-0.39, 0.29) is 18.6 Å². The zero-order valence-electron chi connectivity index (χ0n) is 15.8. The molecule has 1 saturated heterocycles. The van der Waals surface area contributed by atoms with Crippen molar-refractivity contribution in [3.8, 4) is 11.3 Å². The summed E-state index contributed by atoms with van der Waals surface area (Å²) in [7, 11) is 0. The van der Waals surface area contributed by atoms with Crippen LogP contribution in [0.5, 0.6) is 0 Å². The van der Waals surface area contributed by atoms with Crippen LogP contribution in [0.25, 0.3) is 11.3 Å². The van der Waals surface area contributed by atoms with Gasteiger partial charge in [0.1, 0.15) is 12.3 Å². The van der Waals surface area contributed by atoms with Gasteiger partial charge in [-0.05, 0) is 17.7 Å². The van der Waals surface area contributed by atoms with E-state index < -0.39 is 11.7 Å². The van der Waals surface area contributed by atoms with Crippen LogP contribution >= 0.6 is 0 Å². The van der Waals surface area contributed by atoms with E-state index in [0.717, 1.165) is 5.56 Å². The maximum atomic E-state index is 12.6. The number of benzene rings is 1. The van der Waals surface area contributed by atoms with Gasteiger partial charge in [-0.2, -0.15) is 0 Å². The van der Waals surface area contributed by atoms with Crippen LogP contribution in [0.4, 0.5) is 0 Å². The number of carboxylic acid groups (broad SMARTS) is 1. The molecule has 3 heterocycles. The molecule has 1 fully saturated rings. The van der Waals surface area contributed by atoms with E-state index in [1.54, 1.807) is 34.0 Å². The lowest BCUT2D eigenvalue weighted by atomic mass is 10.1. The van der Waals surface area contributed by atoms with Crippen LogP contribution in [0, 0.1) is 0 Å². The molecule has 154 valence electrons. The Hall–Kier alpha value is -3.86. The van der Waals surface area contributed by atoms with E-state index >= 15 is 0 Å². The van der Waals surface area contributed by atoms with E-state index in [9.17, 15) is 14.4 Å². The summed E-state index contributed by atoms with van der Waals surface area (Å²) in [5.74, 6) is -1.16. The minimum atomic E-state index is -1.03. The van der Waals surface area contributed by atoms with Gasteiger partial charge in [-0.3, -0.25) is 4.79 Å². The molecular weight excluding hydrogens is 392 g/mol. The molecule has 1 aliphatic heterocycles. The first-order chi connectivity index (χ1) is 14.5. The highest BCUT2D eigenvalue weighted by atomic mass is 16.5. The molecule has 11 heteroatoms. The number of H-pyrrole nitrogens is 1. The quantitative estimate of drug-likeness (QED) is 0.554. The van der Waals surface area contributed by atoms with Crippen LogP contribution in [0.2, 0.25) is 0 Å². The van der Waals surface area contributed by atoms with Crippen LogP contribution in [-0.4, -0.2) is 72.6 Å². The first kappa shape index (κ1) is 19.5. The van der Waals surface area contributed by atoms with Gasteiger partial charge < -0.3 is 19.7 Å². The molecule has 1 aliphatic rings. The van der Waals surface area contributed by atoms with Crippen molar-refractivity contribution in [3.63, 3.8) is 0 Å². The number of nitrogens with one attached hydrogen (secondary N) is 1. The first-order valence-electron chi connectivity index (χ1n) is 9.15. The average Bonchev–Trinajstić information content (AvgIpc) is 3.15. The fourth-order valence-electron chi connectivity index (χ4n) is 3.06. The van der Waals surface area contributed by atoms with Crippen molar-refractivity contribution < 1.29 is 19.4 Å². The van der Waals surface area contributed by atoms with Crippen LogP contribution in [0.3, 0.4) is 0 Å². The highest BCUT2D eigenvalue weighted by Gasteiger charge is 2.32. The number of aromatic amines is 1. The summed E-state index contributed by atoms with van der Waals surface area (Å²) in [6, 6.07) is 7.20. The van der Waals surface area contributed by atoms with Crippen molar-refractivity contribution >= 4 is 11.9 Å². The molecule has 0 spiro atoms. The fraction of sp³-hybridized carbons (Fsp3) is 0.263. The first-order valence-corrected chi connectivity index (χ1v) is 9.15. The summed E-state index contributed by atoms with van der Waals surface area (Å²) in [4.78, 5) is 42.0. The van der Waals surface area contributed by atoms with Crippen LogP contribution in [0.1, 0.15) is 15.9 Å². The summed E-state index contributed by atoms with van der Waals surface area (Å²) >= 11 is 0. The number of ether oxygens (including phenoxy) is 1. The Morgan fingerprint density at radius 2 is 2.13 bits per heavy atom. The number of hydrogen-bond acceptors (Lipinski definition) is 7. The Labute approximate surface area is 169 Å². The third kappa shape index (κ3) is 4.41. The molecule has 0 bridgehead atoms. The fourth-order valence-corrected chi connectivity index (χ4v) is 3.06. The second kappa shape index (κ2) is 8.25. The van der Waals surface area contributed by atoms with E-state index in [2.05, 4.69) is 20.3 Å². The van der Waals surface area contributed by atoms with Gasteiger partial charge in [-0.15, -0.1) is 5.10 Å². The Morgan fingerprint density at radius 3 is 2.87 bits per heavy atom. The summed E-state index contributed by atoms with van der Waals surface area (Å²) in [6.07, 6.45) is 4.42. The lowest BCUT2D eigenvalue weighted by Crippen LogP contribution is -2.55. The molecule has 4 rings (SSSR count). The maximum Gasteiger partial charge on any atom is 0.344 e. The number of amides is 1. The van der Waals surface area contributed by atoms with Crippen molar-refractivity contribution in [1.29, 1.82) is 0 Å². The summed E-state index contributed by atoms with van der Waals surface area (Å²) < 4.78 is 6.80. The Kier molecular flexibility index (Phi) is 5.35. The largest absolute Gasteiger partial charge is 0.480 e. The van der Waals surface area contributed by atoms with Gasteiger partial charge in [-0.25, -0.2) is 19.3 Å². The number of aromatic nitrogens is 5. The molecule has 0 radical (unpaired) electrons. The number of carboxylic acids is 1. The third-order valence-electron chi connectivity index (χ3n) is 4.60. The third-order valence-corrected chi connectivity index (χ3v) is 4.60. The lowest BCUT2D eigenvalue weighted by molar-refractivity contribution is -0.147. The molecule has 30 heavy (non-hydrogen) atoms. The Bertz CT molecular complexity index is 1110. The zero-order valence-corrected chi connectivity index (χ0v) is 15.8. The summed E-state index contributed by atoms with van der Waals surface area (Å²) in [6.45, 7) is 0.790. The monoisotopic (exact) mass is 410 g/mol. The average molecular weight is 410 g/mol. The lowest BCUT2D eigenvalue weighted by Gasteiger charge is -2.38. The highest BCUT2D eigenvalue weighted by Crippen LogP contribution is 2.18.